The summed E-state index contributed by atoms with van der Waals surface area (Å²) in [5.41, 5.74) is 6.80. The minimum absolute atomic E-state index is 0.146. The third kappa shape index (κ3) is 4.70. The highest BCUT2D eigenvalue weighted by Crippen LogP contribution is 2.29. The second-order valence-electron chi connectivity index (χ2n) is 6.57. The largest absolute Gasteiger partial charge is 0.397 e. The first-order valence-electron chi connectivity index (χ1n) is 7.43. The van der Waals surface area contributed by atoms with Crippen molar-refractivity contribution in [2.45, 2.75) is 33.1 Å². The third-order valence-electron chi connectivity index (χ3n) is 4.09. The number of anilines is 2. The summed E-state index contributed by atoms with van der Waals surface area (Å²) in [6, 6.07) is 3.99. The maximum Gasteiger partial charge on any atom is 0.238 e. The van der Waals surface area contributed by atoms with Gasteiger partial charge in [0.15, 0.2) is 0 Å². The first-order chi connectivity index (χ1) is 9.85. The Bertz CT molecular complexity index is 516. The molecule has 1 saturated heterocycles. The van der Waals surface area contributed by atoms with E-state index in [0.29, 0.717) is 23.3 Å². The monoisotopic (exact) mass is 293 g/mol. The van der Waals surface area contributed by atoms with Crippen LogP contribution in [0.2, 0.25) is 0 Å². The maximum absolute atomic E-state index is 13.2. The molecule has 0 unspecified atom stereocenters. The molecule has 1 heterocycles. The third-order valence-corrected chi connectivity index (χ3v) is 4.09. The van der Waals surface area contributed by atoms with Crippen LogP contribution < -0.4 is 11.1 Å². The zero-order valence-corrected chi connectivity index (χ0v) is 12.8. The Morgan fingerprint density at radius 3 is 2.90 bits per heavy atom. The Balaban J connectivity index is 1.91. The van der Waals surface area contributed by atoms with E-state index in [1.165, 1.54) is 24.6 Å². The number of hydrogen-bond acceptors (Lipinski definition) is 3. The van der Waals surface area contributed by atoms with E-state index in [0.717, 1.165) is 25.9 Å². The molecule has 5 heteroatoms. The van der Waals surface area contributed by atoms with Gasteiger partial charge in [-0.3, -0.25) is 9.69 Å². The van der Waals surface area contributed by atoms with Crippen molar-refractivity contribution in [3.63, 3.8) is 0 Å². The van der Waals surface area contributed by atoms with Crippen molar-refractivity contribution in [1.82, 2.24) is 4.90 Å². The second kappa shape index (κ2) is 6.43. The lowest BCUT2D eigenvalue weighted by Gasteiger charge is -2.23. The Morgan fingerprint density at radius 2 is 2.14 bits per heavy atom. The molecule has 2 rings (SSSR count). The number of carbonyl (C=O) groups is 1. The van der Waals surface area contributed by atoms with Crippen LogP contribution in [0.3, 0.4) is 0 Å². The van der Waals surface area contributed by atoms with Gasteiger partial charge in [0.1, 0.15) is 5.82 Å². The van der Waals surface area contributed by atoms with E-state index >= 15 is 0 Å². The maximum atomic E-state index is 13.2. The lowest BCUT2D eigenvalue weighted by molar-refractivity contribution is -0.117. The number of likely N-dealkylation sites (tertiary alicyclic amines) is 1. The van der Waals surface area contributed by atoms with E-state index in [1.807, 2.05) is 0 Å². The number of benzene rings is 1. The average Bonchev–Trinajstić information content (AvgIpc) is 2.55. The van der Waals surface area contributed by atoms with Gasteiger partial charge >= 0.3 is 0 Å². The summed E-state index contributed by atoms with van der Waals surface area (Å²) in [6.07, 6.45) is 3.37. The lowest BCUT2D eigenvalue weighted by Crippen LogP contribution is -2.34. The highest BCUT2D eigenvalue weighted by molar-refractivity contribution is 5.95. The Kier molecular flexibility index (Phi) is 4.83. The molecule has 0 radical (unpaired) electrons. The van der Waals surface area contributed by atoms with Gasteiger partial charge in [-0.15, -0.1) is 0 Å². The van der Waals surface area contributed by atoms with Crippen LogP contribution >= 0.6 is 0 Å². The Hall–Kier alpha value is -1.62. The Labute approximate surface area is 125 Å². The van der Waals surface area contributed by atoms with Crippen molar-refractivity contribution in [2.75, 3.05) is 30.7 Å². The highest BCUT2D eigenvalue weighted by atomic mass is 19.1. The van der Waals surface area contributed by atoms with Gasteiger partial charge in [0, 0.05) is 0 Å². The van der Waals surface area contributed by atoms with Gasteiger partial charge in [-0.1, -0.05) is 13.8 Å². The van der Waals surface area contributed by atoms with E-state index in [2.05, 4.69) is 24.1 Å². The predicted octanol–water partition coefficient (Wildman–Crippen LogP) is 2.86. The molecule has 1 aromatic carbocycles. The fraction of sp³-hybridized carbons (Fsp3) is 0.562. The minimum Gasteiger partial charge on any atom is -0.397 e. The van der Waals surface area contributed by atoms with Crippen LogP contribution in [0.15, 0.2) is 18.2 Å². The van der Waals surface area contributed by atoms with Crippen molar-refractivity contribution in [1.29, 1.82) is 0 Å². The number of hydrogen-bond donors (Lipinski definition) is 2. The minimum atomic E-state index is -0.406. The normalized spacial score (nSPS) is 19.0. The number of halogens is 1. The molecule has 0 bridgehead atoms. The van der Waals surface area contributed by atoms with Gasteiger partial charge < -0.3 is 11.1 Å². The zero-order chi connectivity index (χ0) is 15.5. The quantitative estimate of drug-likeness (QED) is 0.843. The second-order valence-corrected chi connectivity index (χ2v) is 6.57. The number of rotatable bonds is 3. The number of nitrogens with two attached hydrogens (primary N) is 1. The summed E-state index contributed by atoms with van der Waals surface area (Å²) in [5, 5.41) is 2.69. The first-order valence-corrected chi connectivity index (χ1v) is 7.43. The number of nitrogens with zero attached hydrogens (tertiary/aromatic N) is 1. The summed E-state index contributed by atoms with van der Waals surface area (Å²) < 4.78 is 13.2. The molecule has 1 aliphatic rings. The summed E-state index contributed by atoms with van der Waals surface area (Å²) in [4.78, 5) is 14.2. The fourth-order valence-corrected chi connectivity index (χ4v) is 2.67. The van der Waals surface area contributed by atoms with Crippen molar-refractivity contribution in [3.8, 4) is 0 Å². The number of carbonyl (C=O) groups excluding carboxylic acids is 1. The van der Waals surface area contributed by atoms with Crippen LogP contribution in [-0.2, 0) is 4.79 Å². The van der Waals surface area contributed by atoms with Crippen LogP contribution in [0.1, 0.15) is 33.1 Å². The molecule has 0 aliphatic carbocycles. The molecule has 1 amide bonds. The van der Waals surface area contributed by atoms with Gasteiger partial charge in [-0.25, -0.2) is 4.39 Å². The molecule has 1 fully saturated rings. The first kappa shape index (κ1) is 15.8. The fourth-order valence-electron chi connectivity index (χ4n) is 2.67. The van der Waals surface area contributed by atoms with E-state index in [4.69, 9.17) is 5.73 Å². The van der Waals surface area contributed by atoms with Crippen LogP contribution in [-0.4, -0.2) is 30.4 Å². The predicted molar refractivity (Wildman–Crippen MR) is 83.5 cm³/mol. The van der Waals surface area contributed by atoms with E-state index < -0.39 is 5.82 Å². The van der Waals surface area contributed by atoms with Crippen molar-refractivity contribution in [3.05, 3.63) is 24.0 Å². The molecule has 21 heavy (non-hydrogen) atoms. The number of amides is 1. The van der Waals surface area contributed by atoms with Crippen molar-refractivity contribution in [2.24, 2.45) is 5.41 Å². The molecule has 1 aliphatic heterocycles. The summed E-state index contributed by atoms with van der Waals surface area (Å²) >= 11 is 0. The summed E-state index contributed by atoms with van der Waals surface area (Å²) in [7, 11) is 0. The number of nitrogen functional groups attached to an aromatic ring is 1. The van der Waals surface area contributed by atoms with Crippen LogP contribution in [0, 0.1) is 11.2 Å². The van der Waals surface area contributed by atoms with E-state index in [-0.39, 0.29) is 5.91 Å². The molecule has 3 N–H and O–H groups in total. The molecule has 4 nitrogen and oxygen atoms in total. The molecule has 0 spiro atoms. The van der Waals surface area contributed by atoms with Gasteiger partial charge in [-0.05, 0) is 56.0 Å². The van der Waals surface area contributed by atoms with Gasteiger partial charge in [-0.2, -0.15) is 0 Å². The van der Waals surface area contributed by atoms with Crippen molar-refractivity contribution < 1.29 is 9.18 Å². The molecule has 0 saturated carbocycles. The topological polar surface area (TPSA) is 58.4 Å². The lowest BCUT2D eigenvalue weighted by atomic mass is 9.85. The smallest absolute Gasteiger partial charge is 0.238 e. The van der Waals surface area contributed by atoms with Crippen LogP contribution in [0.5, 0.6) is 0 Å². The molecule has 0 aromatic heterocycles. The summed E-state index contributed by atoms with van der Waals surface area (Å²) in [5.74, 6) is -0.553. The SMILES string of the molecule is CC1(C)CCCN(CC(=O)Nc2cc(F)ccc2N)CC1. The van der Waals surface area contributed by atoms with Gasteiger partial charge in [0.2, 0.25) is 5.91 Å². The molecular weight excluding hydrogens is 269 g/mol. The number of nitrogens with one attached hydrogen (secondary N) is 1. The van der Waals surface area contributed by atoms with Crippen LogP contribution in [0.4, 0.5) is 15.8 Å². The zero-order valence-electron chi connectivity index (χ0n) is 12.8. The standard InChI is InChI=1S/C16H24FN3O/c1-16(2)6-3-8-20(9-7-16)11-15(21)19-14-10-12(17)4-5-13(14)18/h4-5,10H,3,6-9,11,18H2,1-2H3,(H,19,21). The van der Waals surface area contributed by atoms with E-state index in [9.17, 15) is 9.18 Å². The van der Waals surface area contributed by atoms with Gasteiger partial charge in [0.25, 0.3) is 0 Å². The molecular formula is C16H24FN3O. The van der Waals surface area contributed by atoms with Gasteiger partial charge in [0.05, 0.1) is 17.9 Å². The van der Waals surface area contributed by atoms with Crippen LogP contribution in [0.25, 0.3) is 0 Å². The summed E-state index contributed by atoms with van der Waals surface area (Å²) in [6.45, 7) is 6.70. The van der Waals surface area contributed by atoms with Crippen molar-refractivity contribution >= 4 is 17.3 Å². The van der Waals surface area contributed by atoms with E-state index in [1.54, 1.807) is 0 Å². The Morgan fingerprint density at radius 1 is 1.38 bits per heavy atom. The molecule has 116 valence electrons. The molecule has 0 atom stereocenters. The highest BCUT2D eigenvalue weighted by Gasteiger charge is 2.24. The average molecular weight is 293 g/mol. The molecule has 1 aromatic rings.